The highest BCUT2D eigenvalue weighted by molar-refractivity contribution is 5.95. The van der Waals surface area contributed by atoms with Gasteiger partial charge < -0.3 is 14.1 Å². The van der Waals surface area contributed by atoms with Gasteiger partial charge >= 0.3 is 0 Å². The highest BCUT2D eigenvalue weighted by Crippen LogP contribution is 2.25. The predicted molar refractivity (Wildman–Crippen MR) is 93.9 cm³/mol. The van der Waals surface area contributed by atoms with Crippen molar-refractivity contribution in [2.24, 2.45) is 0 Å². The van der Waals surface area contributed by atoms with E-state index in [2.05, 4.69) is 4.90 Å². The number of carbonyl (C=O) groups is 1. The largest absolute Gasteiger partial charge is 0.464 e. The van der Waals surface area contributed by atoms with E-state index in [1.807, 2.05) is 36.4 Å². The van der Waals surface area contributed by atoms with E-state index in [0.29, 0.717) is 6.04 Å². The van der Waals surface area contributed by atoms with Crippen molar-refractivity contribution in [3.8, 4) is 11.3 Å². The zero-order valence-corrected chi connectivity index (χ0v) is 14.2. The van der Waals surface area contributed by atoms with E-state index in [4.69, 9.17) is 9.15 Å². The number of hydrogen-bond acceptors (Lipinski definition) is 3. The summed E-state index contributed by atoms with van der Waals surface area (Å²) in [6.07, 6.45) is 7.08. The zero-order chi connectivity index (χ0) is 16.8. The summed E-state index contributed by atoms with van der Waals surface area (Å²) in [5.41, 5.74) is 1.75. The molecule has 1 atom stereocenters. The van der Waals surface area contributed by atoms with Crippen LogP contribution < -0.4 is 0 Å². The van der Waals surface area contributed by atoms with Crippen LogP contribution in [-0.4, -0.2) is 37.1 Å². The molecule has 1 fully saturated rings. The second kappa shape index (κ2) is 8.15. The monoisotopic (exact) mass is 327 g/mol. The number of carbonyl (C=O) groups excluding carboxylic acids is 1. The standard InChI is InChI=1S/C20H25NO3/c1-23-14-4-7-18-6-2-3-13-21(18)20(22)17-11-9-16(10-12-17)19-8-5-15-24-19/h5,8-12,15,18H,2-4,6-7,13-14H2,1H3/t18-/m0/s1. The SMILES string of the molecule is COCCC[C@@H]1CCCCN1C(=O)c1ccc(-c2ccco2)cc1. The molecule has 1 aliphatic rings. The van der Waals surface area contributed by atoms with Crippen LogP contribution in [0.15, 0.2) is 47.1 Å². The van der Waals surface area contributed by atoms with Crippen LogP contribution >= 0.6 is 0 Å². The molecule has 1 amide bonds. The van der Waals surface area contributed by atoms with Crippen molar-refractivity contribution in [3.63, 3.8) is 0 Å². The van der Waals surface area contributed by atoms with Crippen molar-refractivity contribution in [1.29, 1.82) is 0 Å². The van der Waals surface area contributed by atoms with E-state index in [0.717, 1.165) is 55.7 Å². The van der Waals surface area contributed by atoms with E-state index in [1.54, 1.807) is 13.4 Å². The molecule has 128 valence electrons. The number of methoxy groups -OCH3 is 1. The number of benzene rings is 1. The quantitative estimate of drug-likeness (QED) is 0.740. The Labute approximate surface area is 143 Å². The molecule has 24 heavy (non-hydrogen) atoms. The van der Waals surface area contributed by atoms with Crippen LogP contribution in [0.25, 0.3) is 11.3 Å². The third-order valence-corrected chi connectivity index (χ3v) is 4.71. The van der Waals surface area contributed by atoms with Gasteiger partial charge in [-0.2, -0.15) is 0 Å². The molecule has 0 aliphatic carbocycles. The van der Waals surface area contributed by atoms with Crippen molar-refractivity contribution in [3.05, 3.63) is 48.2 Å². The van der Waals surface area contributed by atoms with Gasteiger partial charge in [0.25, 0.3) is 5.91 Å². The fraction of sp³-hybridized carbons (Fsp3) is 0.450. The molecule has 0 unspecified atom stereocenters. The fourth-order valence-electron chi connectivity index (χ4n) is 3.42. The third-order valence-electron chi connectivity index (χ3n) is 4.71. The molecular formula is C20H25NO3. The Kier molecular flexibility index (Phi) is 5.70. The van der Waals surface area contributed by atoms with Crippen molar-refractivity contribution in [2.75, 3.05) is 20.3 Å². The lowest BCUT2D eigenvalue weighted by molar-refractivity contribution is 0.0585. The Morgan fingerprint density at radius 3 is 2.79 bits per heavy atom. The van der Waals surface area contributed by atoms with E-state index < -0.39 is 0 Å². The van der Waals surface area contributed by atoms with Crippen LogP contribution in [0.4, 0.5) is 0 Å². The minimum Gasteiger partial charge on any atom is -0.464 e. The van der Waals surface area contributed by atoms with Gasteiger partial charge in [0, 0.05) is 37.4 Å². The first-order chi connectivity index (χ1) is 11.8. The van der Waals surface area contributed by atoms with E-state index in [9.17, 15) is 4.79 Å². The maximum absolute atomic E-state index is 12.9. The molecule has 2 heterocycles. The van der Waals surface area contributed by atoms with Crippen molar-refractivity contribution >= 4 is 5.91 Å². The first-order valence-corrected chi connectivity index (χ1v) is 8.73. The molecule has 4 heteroatoms. The van der Waals surface area contributed by atoms with Crippen LogP contribution in [0.3, 0.4) is 0 Å². The molecule has 0 radical (unpaired) electrons. The topological polar surface area (TPSA) is 42.7 Å². The number of amides is 1. The van der Waals surface area contributed by atoms with Gasteiger partial charge in [0.05, 0.1) is 6.26 Å². The molecule has 0 spiro atoms. The summed E-state index contributed by atoms with van der Waals surface area (Å²) in [6.45, 7) is 1.62. The maximum atomic E-state index is 12.9. The maximum Gasteiger partial charge on any atom is 0.254 e. The first kappa shape index (κ1) is 16.8. The molecular weight excluding hydrogens is 302 g/mol. The molecule has 3 rings (SSSR count). The second-order valence-electron chi connectivity index (χ2n) is 6.34. The van der Waals surface area contributed by atoms with Crippen LogP contribution in [0, 0.1) is 0 Å². The number of piperidine rings is 1. The molecule has 1 saturated heterocycles. The predicted octanol–water partition coefficient (Wildman–Crippen LogP) is 4.37. The number of ether oxygens (including phenoxy) is 1. The summed E-state index contributed by atoms with van der Waals surface area (Å²) in [7, 11) is 1.73. The summed E-state index contributed by atoms with van der Waals surface area (Å²) < 4.78 is 10.6. The van der Waals surface area contributed by atoms with Gasteiger partial charge in [0.2, 0.25) is 0 Å². The second-order valence-corrected chi connectivity index (χ2v) is 6.34. The lowest BCUT2D eigenvalue weighted by Crippen LogP contribution is -2.43. The Hall–Kier alpha value is -2.07. The molecule has 1 aromatic heterocycles. The lowest BCUT2D eigenvalue weighted by atomic mass is 9.97. The fourth-order valence-corrected chi connectivity index (χ4v) is 3.42. The summed E-state index contributed by atoms with van der Waals surface area (Å²) >= 11 is 0. The van der Waals surface area contributed by atoms with Gasteiger partial charge in [-0.3, -0.25) is 4.79 Å². The Morgan fingerprint density at radius 1 is 1.25 bits per heavy atom. The molecule has 4 nitrogen and oxygen atoms in total. The number of hydrogen-bond donors (Lipinski definition) is 0. The van der Waals surface area contributed by atoms with Gasteiger partial charge in [-0.15, -0.1) is 0 Å². The summed E-state index contributed by atoms with van der Waals surface area (Å²) in [6, 6.07) is 11.8. The third kappa shape index (κ3) is 3.88. The van der Waals surface area contributed by atoms with E-state index in [1.165, 1.54) is 6.42 Å². The molecule has 2 aromatic rings. The van der Waals surface area contributed by atoms with Crippen LogP contribution in [0.1, 0.15) is 42.5 Å². The minimum atomic E-state index is 0.142. The Bertz CT molecular complexity index is 633. The van der Waals surface area contributed by atoms with Gasteiger partial charge in [-0.1, -0.05) is 12.1 Å². The summed E-state index contributed by atoms with van der Waals surface area (Å²) in [5, 5.41) is 0. The van der Waals surface area contributed by atoms with Gasteiger partial charge in [-0.05, 0) is 56.4 Å². The number of rotatable bonds is 6. The highest BCUT2D eigenvalue weighted by atomic mass is 16.5. The van der Waals surface area contributed by atoms with E-state index >= 15 is 0 Å². The van der Waals surface area contributed by atoms with Crippen molar-refractivity contribution in [2.45, 2.75) is 38.1 Å². The summed E-state index contributed by atoms with van der Waals surface area (Å²) in [5.74, 6) is 0.965. The first-order valence-electron chi connectivity index (χ1n) is 8.73. The summed E-state index contributed by atoms with van der Waals surface area (Å²) in [4.78, 5) is 15.0. The normalized spacial score (nSPS) is 17.9. The van der Waals surface area contributed by atoms with Gasteiger partial charge in [0.15, 0.2) is 0 Å². The van der Waals surface area contributed by atoms with Crippen molar-refractivity contribution < 1.29 is 13.9 Å². The molecule has 0 bridgehead atoms. The average molecular weight is 327 g/mol. The molecule has 1 aromatic carbocycles. The average Bonchev–Trinajstić information content (AvgIpc) is 3.17. The molecule has 0 saturated carbocycles. The van der Waals surface area contributed by atoms with E-state index in [-0.39, 0.29) is 5.91 Å². The minimum absolute atomic E-state index is 0.142. The van der Waals surface area contributed by atoms with Gasteiger partial charge in [-0.25, -0.2) is 0 Å². The Balaban J connectivity index is 1.69. The smallest absolute Gasteiger partial charge is 0.254 e. The number of likely N-dealkylation sites (tertiary alicyclic amines) is 1. The van der Waals surface area contributed by atoms with Crippen molar-refractivity contribution in [1.82, 2.24) is 4.90 Å². The highest BCUT2D eigenvalue weighted by Gasteiger charge is 2.27. The van der Waals surface area contributed by atoms with Gasteiger partial charge in [0.1, 0.15) is 5.76 Å². The molecule has 1 aliphatic heterocycles. The lowest BCUT2D eigenvalue weighted by Gasteiger charge is -2.36. The number of furan rings is 1. The van der Waals surface area contributed by atoms with Crippen LogP contribution in [0.2, 0.25) is 0 Å². The zero-order valence-electron chi connectivity index (χ0n) is 14.2. The van der Waals surface area contributed by atoms with Crippen LogP contribution in [0.5, 0.6) is 0 Å². The molecule has 0 N–H and O–H groups in total. The van der Waals surface area contributed by atoms with Crippen LogP contribution in [-0.2, 0) is 4.74 Å². The number of nitrogens with zero attached hydrogens (tertiary/aromatic N) is 1. The Morgan fingerprint density at radius 2 is 2.08 bits per heavy atom.